The molecule has 5 nitrogen and oxygen atoms in total. The van der Waals surface area contributed by atoms with E-state index in [0.717, 1.165) is 30.7 Å². The highest BCUT2D eigenvalue weighted by Gasteiger charge is 2.19. The first kappa shape index (κ1) is 15.5. The number of β-amino-alcohol motifs (C(OH)–C–C–N with tert-alkyl or cyclic N) is 1. The van der Waals surface area contributed by atoms with Crippen molar-refractivity contribution < 1.29 is 9.84 Å². The molecule has 1 fully saturated rings. The number of aliphatic hydroxyl groups excluding tert-OH is 1. The summed E-state index contributed by atoms with van der Waals surface area (Å²) in [5, 5.41) is 10.4. The summed E-state index contributed by atoms with van der Waals surface area (Å²) in [7, 11) is 0. The lowest BCUT2D eigenvalue weighted by molar-refractivity contribution is -0.0330. The van der Waals surface area contributed by atoms with Gasteiger partial charge in [0, 0.05) is 19.6 Å². The van der Waals surface area contributed by atoms with Crippen LogP contribution in [0.1, 0.15) is 18.1 Å². The van der Waals surface area contributed by atoms with E-state index in [-0.39, 0.29) is 6.10 Å². The molecule has 1 aliphatic rings. The third-order valence-electron chi connectivity index (χ3n) is 4.44. The van der Waals surface area contributed by atoms with Crippen molar-refractivity contribution in [3.8, 4) is 0 Å². The summed E-state index contributed by atoms with van der Waals surface area (Å²) in [4.78, 5) is 6.72. The van der Waals surface area contributed by atoms with E-state index in [2.05, 4.69) is 47.4 Å². The molecule has 120 valence electrons. The lowest BCUT2D eigenvalue weighted by Gasteiger charge is -2.32. The molecule has 0 aliphatic carbocycles. The maximum Gasteiger partial charge on any atom is 0.0959 e. The number of aliphatic hydroxyl groups is 1. The van der Waals surface area contributed by atoms with Crippen molar-refractivity contribution in [2.24, 2.45) is 0 Å². The first-order valence-corrected chi connectivity index (χ1v) is 7.97. The lowest BCUT2D eigenvalue weighted by Crippen LogP contribution is -2.45. The fraction of sp³-hybridized carbons (Fsp3) is 0.588. The van der Waals surface area contributed by atoms with Crippen LogP contribution in [0.5, 0.6) is 0 Å². The zero-order valence-electron chi connectivity index (χ0n) is 13.6. The second-order valence-electron chi connectivity index (χ2n) is 6.42. The molecule has 0 radical (unpaired) electrons. The van der Waals surface area contributed by atoms with Crippen LogP contribution < -0.4 is 0 Å². The Kier molecular flexibility index (Phi) is 4.47. The van der Waals surface area contributed by atoms with Crippen LogP contribution in [0.3, 0.4) is 0 Å². The van der Waals surface area contributed by atoms with E-state index in [1.165, 1.54) is 11.1 Å². The van der Waals surface area contributed by atoms with Gasteiger partial charge < -0.3 is 14.4 Å². The summed E-state index contributed by atoms with van der Waals surface area (Å²) in [6.07, 6.45) is 1.68. The third-order valence-corrected chi connectivity index (χ3v) is 4.44. The molecule has 1 aliphatic heterocycles. The molecule has 1 aromatic carbocycles. The maximum atomic E-state index is 10.4. The minimum Gasteiger partial charge on any atom is -0.390 e. The minimum absolute atomic E-state index is 0.251. The third kappa shape index (κ3) is 3.32. The molecule has 2 aromatic rings. The van der Waals surface area contributed by atoms with Crippen molar-refractivity contribution in [1.29, 1.82) is 0 Å². The molecule has 5 heteroatoms. The molecule has 0 spiro atoms. The number of aromatic nitrogens is 2. The fourth-order valence-electron chi connectivity index (χ4n) is 3.10. The molecule has 0 amide bonds. The van der Waals surface area contributed by atoms with E-state index in [1.54, 1.807) is 0 Å². The Hall–Kier alpha value is -1.43. The molecule has 1 aromatic heterocycles. The number of rotatable bonds is 4. The van der Waals surface area contributed by atoms with Gasteiger partial charge in [-0.05, 0) is 44.0 Å². The fourth-order valence-corrected chi connectivity index (χ4v) is 3.10. The molecule has 3 rings (SSSR count). The topological polar surface area (TPSA) is 50.5 Å². The van der Waals surface area contributed by atoms with Gasteiger partial charge in [0.2, 0.25) is 0 Å². The second-order valence-corrected chi connectivity index (χ2v) is 6.42. The van der Waals surface area contributed by atoms with Crippen LogP contribution in [0.2, 0.25) is 0 Å². The summed E-state index contributed by atoms with van der Waals surface area (Å²) in [5.41, 5.74) is 4.60. The SMILES string of the molecule is Cc1cc2ncn(CC(O)CN3CCOC(C)C3)c2cc1C. The number of morpholine rings is 1. The van der Waals surface area contributed by atoms with Crippen LogP contribution in [0, 0.1) is 13.8 Å². The molecular formula is C17H25N3O2. The number of nitrogens with zero attached hydrogens (tertiary/aromatic N) is 3. The van der Waals surface area contributed by atoms with E-state index in [1.807, 2.05) is 6.33 Å². The van der Waals surface area contributed by atoms with Crippen LogP contribution in [0.25, 0.3) is 11.0 Å². The van der Waals surface area contributed by atoms with Gasteiger partial charge in [0.05, 0.1) is 42.7 Å². The quantitative estimate of drug-likeness (QED) is 0.934. The number of benzene rings is 1. The van der Waals surface area contributed by atoms with Crippen molar-refractivity contribution in [2.75, 3.05) is 26.2 Å². The molecular weight excluding hydrogens is 278 g/mol. The van der Waals surface area contributed by atoms with Crippen LogP contribution in [0.4, 0.5) is 0 Å². The number of hydrogen-bond acceptors (Lipinski definition) is 4. The van der Waals surface area contributed by atoms with Gasteiger partial charge in [-0.15, -0.1) is 0 Å². The number of aryl methyl sites for hydroxylation is 2. The highest BCUT2D eigenvalue weighted by molar-refractivity contribution is 5.77. The predicted octanol–water partition coefficient (Wildman–Crippen LogP) is 1.73. The second kappa shape index (κ2) is 6.36. The Labute approximate surface area is 131 Å². The zero-order valence-corrected chi connectivity index (χ0v) is 13.6. The number of fused-ring (bicyclic) bond motifs is 1. The molecule has 0 saturated carbocycles. The number of hydrogen-bond donors (Lipinski definition) is 1. The smallest absolute Gasteiger partial charge is 0.0959 e. The van der Waals surface area contributed by atoms with Gasteiger partial charge >= 0.3 is 0 Å². The summed E-state index contributed by atoms with van der Waals surface area (Å²) >= 11 is 0. The van der Waals surface area contributed by atoms with E-state index in [9.17, 15) is 5.11 Å². The monoisotopic (exact) mass is 303 g/mol. The van der Waals surface area contributed by atoms with Gasteiger partial charge in [0.1, 0.15) is 0 Å². The Balaban J connectivity index is 1.68. The first-order valence-electron chi connectivity index (χ1n) is 7.97. The molecule has 2 heterocycles. The normalized spacial score (nSPS) is 21.4. The highest BCUT2D eigenvalue weighted by atomic mass is 16.5. The lowest BCUT2D eigenvalue weighted by atomic mass is 10.1. The van der Waals surface area contributed by atoms with Crippen LogP contribution in [-0.2, 0) is 11.3 Å². The highest BCUT2D eigenvalue weighted by Crippen LogP contribution is 2.19. The van der Waals surface area contributed by atoms with E-state index < -0.39 is 6.10 Å². The Morgan fingerprint density at radius 1 is 1.32 bits per heavy atom. The average Bonchev–Trinajstić information content (AvgIpc) is 2.81. The average molecular weight is 303 g/mol. The molecule has 22 heavy (non-hydrogen) atoms. The van der Waals surface area contributed by atoms with Gasteiger partial charge in [0.25, 0.3) is 0 Å². The maximum absolute atomic E-state index is 10.4. The van der Waals surface area contributed by atoms with Crippen molar-refractivity contribution in [1.82, 2.24) is 14.5 Å². The van der Waals surface area contributed by atoms with Gasteiger partial charge in [-0.3, -0.25) is 4.90 Å². The Bertz CT molecular complexity index is 653. The first-order chi connectivity index (χ1) is 10.5. The van der Waals surface area contributed by atoms with Gasteiger partial charge in [-0.2, -0.15) is 0 Å². The molecule has 0 bridgehead atoms. The standard InChI is InChI=1S/C17H25N3O2/c1-12-6-16-17(7-13(12)2)20(11-18-16)10-15(21)9-19-4-5-22-14(3)8-19/h6-7,11,14-15,21H,4-5,8-10H2,1-3H3. The van der Waals surface area contributed by atoms with Crippen molar-refractivity contribution >= 4 is 11.0 Å². The minimum atomic E-state index is -0.399. The zero-order chi connectivity index (χ0) is 15.7. The summed E-state index contributed by atoms with van der Waals surface area (Å²) < 4.78 is 7.59. The molecule has 1 saturated heterocycles. The van der Waals surface area contributed by atoms with Gasteiger partial charge in [-0.1, -0.05) is 0 Å². The van der Waals surface area contributed by atoms with E-state index in [4.69, 9.17) is 4.74 Å². The summed E-state index contributed by atoms with van der Waals surface area (Å²) in [6, 6.07) is 4.26. The predicted molar refractivity (Wildman–Crippen MR) is 87.1 cm³/mol. The molecule has 2 unspecified atom stereocenters. The Morgan fingerprint density at radius 3 is 2.86 bits per heavy atom. The van der Waals surface area contributed by atoms with E-state index >= 15 is 0 Å². The molecule has 2 atom stereocenters. The van der Waals surface area contributed by atoms with Crippen molar-refractivity contribution in [3.05, 3.63) is 29.6 Å². The number of imidazole rings is 1. The van der Waals surface area contributed by atoms with Crippen LogP contribution >= 0.6 is 0 Å². The van der Waals surface area contributed by atoms with Crippen LogP contribution in [-0.4, -0.2) is 58.0 Å². The summed E-state index contributed by atoms with van der Waals surface area (Å²) in [6.45, 7) is 10.1. The largest absolute Gasteiger partial charge is 0.390 e. The van der Waals surface area contributed by atoms with Crippen LogP contribution in [0.15, 0.2) is 18.5 Å². The Morgan fingerprint density at radius 2 is 2.09 bits per heavy atom. The molecule has 1 N–H and O–H groups in total. The number of ether oxygens (including phenoxy) is 1. The van der Waals surface area contributed by atoms with Crippen molar-refractivity contribution in [2.45, 2.75) is 39.5 Å². The van der Waals surface area contributed by atoms with Gasteiger partial charge in [0.15, 0.2) is 0 Å². The van der Waals surface area contributed by atoms with Gasteiger partial charge in [-0.25, -0.2) is 4.98 Å². The summed E-state index contributed by atoms with van der Waals surface area (Å²) in [5.74, 6) is 0. The van der Waals surface area contributed by atoms with E-state index in [0.29, 0.717) is 13.1 Å². The van der Waals surface area contributed by atoms with Crippen molar-refractivity contribution in [3.63, 3.8) is 0 Å².